The molecule has 0 amide bonds. The summed E-state index contributed by atoms with van der Waals surface area (Å²) in [4.78, 5) is 16.7. The summed E-state index contributed by atoms with van der Waals surface area (Å²) in [6, 6.07) is 14.4. The third-order valence-corrected chi connectivity index (χ3v) is 3.83. The van der Waals surface area contributed by atoms with E-state index in [1.807, 2.05) is 12.1 Å². The Morgan fingerprint density at radius 3 is 2.69 bits per heavy atom. The fourth-order valence-corrected chi connectivity index (χ4v) is 2.57. The number of aromatic nitrogens is 1. The molecule has 0 saturated carbocycles. The molecule has 3 rings (SSSR count). The Balaban J connectivity index is 1.88. The molecule has 0 bridgehead atoms. The van der Waals surface area contributed by atoms with E-state index in [1.165, 1.54) is 20.3 Å². The standard InChI is InChI=1S/C20H16N2O4/c1-24-18-9-5-6-13(19(18)25-2)10-11-16(23)14(12-21)20-22-15-7-3-4-8-17(15)26-20/h3-11,14H,1-2H3/b11-10-/t14-/m0/s1. The maximum atomic E-state index is 12.5. The van der Waals surface area contributed by atoms with E-state index in [0.717, 1.165) is 0 Å². The summed E-state index contributed by atoms with van der Waals surface area (Å²) in [7, 11) is 3.06. The lowest BCUT2D eigenvalue weighted by Gasteiger charge is -2.09. The minimum atomic E-state index is -1.12. The SMILES string of the molecule is COc1cccc(/C=C\C(=O)[C@H](C#N)c2nc3ccccc3o2)c1OC. The molecule has 1 heterocycles. The molecule has 2 aromatic carbocycles. The Morgan fingerprint density at radius 1 is 1.19 bits per heavy atom. The van der Waals surface area contributed by atoms with E-state index in [-0.39, 0.29) is 5.89 Å². The number of carbonyl (C=O) groups excluding carboxylic acids is 1. The van der Waals surface area contributed by atoms with Crippen LogP contribution in [0.15, 0.2) is 53.0 Å². The molecular formula is C20H16N2O4. The van der Waals surface area contributed by atoms with Crippen LogP contribution in [0.3, 0.4) is 0 Å². The summed E-state index contributed by atoms with van der Waals surface area (Å²) < 4.78 is 16.1. The minimum Gasteiger partial charge on any atom is -0.493 e. The van der Waals surface area contributed by atoms with E-state index >= 15 is 0 Å². The molecular weight excluding hydrogens is 332 g/mol. The molecule has 0 aliphatic heterocycles. The summed E-state index contributed by atoms with van der Waals surface area (Å²) in [6.07, 6.45) is 2.90. The Bertz CT molecular complexity index is 981. The number of hydrogen-bond donors (Lipinski definition) is 0. The molecule has 3 aromatic rings. The van der Waals surface area contributed by atoms with Crippen LogP contribution in [-0.4, -0.2) is 25.0 Å². The van der Waals surface area contributed by atoms with Gasteiger partial charge in [-0.2, -0.15) is 5.26 Å². The molecule has 0 unspecified atom stereocenters. The highest BCUT2D eigenvalue weighted by Gasteiger charge is 2.24. The van der Waals surface area contributed by atoms with E-state index < -0.39 is 11.7 Å². The summed E-state index contributed by atoms with van der Waals surface area (Å²) >= 11 is 0. The second-order valence-electron chi connectivity index (χ2n) is 5.40. The Labute approximate surface area is 150 Å². The maximum absolute atomic E-state index is 12.5. The van der Waals surface area contributed by atoms with Crippen molar-refractivity contribution in [1.29, 1.82) is 5.26 Å². The molecule has 1 aromatic heterocycles. The van der Waals surface area contributed by atoms with E-state index in [2.05, 4.69) is 4.98 Å². The van der Waals surface area contributed by atoms with Gasteiger partial charge in [0.05, 0.1) is 20.3 Å². The van der Waals surface area contributed by atoms with Crippen LogP contribution in [0.5, 0.6) is 11.5 Å². The summed E-state index contributed by atoms with van der Waals surface area (Å²) in [5, 5.41) is 9.41. The first kappa shape index (κ1) is 17.2. The van der Waals surface area contributed by atoms with Gasteiger partial charge in [0.2, 0.25) is 5.89 Å². The van der Waals surface area contributed by atoms with Crippen molar-refractivity contribution in [1.82, 2.24) is 4.98 Å². The number of methoxy groups -OCH3 is 2. The maximum Gasteiger partial charge on any atom is 0.220 e. The lowest BCUT2D eigenvalue weighted by atomic mass is 10.0. The van der Waals surface area contributed by atoms with Crippen molar-refractivity contribution in [3.63, 3.8) is 0 Å². The van der Waals surface area contributed by atoms with E-state index in [0.29, 0.717) is 28.2 Å². The zero-order chi connectivity index (χ0) is 18.5. The summed E-state index contributed by atoms with van der Waals surface area (Å²) in [6.45, 7) is 0. The van der Waals surface area contributed by atoms with Crippen LogP contribution in [0.4, 0.5) is 0 Å². The first-order valence-corrected chi connectivity index (χ1v) is 7.86. The molecule has 0 N–H and O–H groups in total. The Morgan fingerprint density at radius 2 is 2.00 bits per heavy atom. The van der Waals surface area contributed by atoms with Crippen molar-refractivity contribution in [3.05, 3.63) is 60.0 Å². The number of oxazole rings is 1. The number of fused-ring (bicyclic) bond motifs is 1. The van der Waals surface area contributed by atoms with Gasteiger partial charge in [0.1, 0.15) is 5.52 Å². The molecule has 0 fully saturated rings. The highest BCUT2D eigenvalue weighted by atomic mass is 16.5. The predicted octanol–water partition coefficient (Wildman–Crippen LogP) is 3.73. The molecule has 0 aliphatic carbocycles. The third-order valence-electron chi connectivity index (χ3n) is 3.83. The van der Waals surface area contributed by atoms with Gasteiger partial charge in [-0.15, -0.1) is 0 Å². The second-order valence-corrected chi connectivity index (χ2v) is 5.40. The number of carbonyl (C=O) groups is 1. The number of ketones is 1. The molecule has 0 saturated heterocycles. The van der Waals surface area contributed by atoms with E-state index in [1.54, 1.807) is 42.5 Å². The topological polar surface area (TPSA) is 85.4 Å². The van der Waals surface area contributed by atoms with Gasteiger partial charge in [-0.05, 0) is 30.4 Å². The van der Waals surface area contributed by atoms with Crippen LogP contribution in [0.2, 0.25) is 0 Å². The van der Waals surface area contributed by atoms with Gasteiger partial charge in [0.25, 0.3) is 0 Å². The van der Waals surface area contributed by atoms with Crippen LogP contribution in [-0.2, 0) is 4.79 Å². The average Bonchev–Trinajstić information content (AvgIpc) is 3.10. The van der Waals surface area contributed by atoms with Crippen molar-refractivity contribution in [2.45, 2.75) is 5.92 Å². The highest BCUT2D eigenvalue weighted by Crippen LogP contribution is 2.31. The number of allylic oxidation sites excluding steroid dienone is 1. The van der Waals surface area contributed by atoms with Gasteiger partial charge in [0.15, 0.2) is 28.8 Å². The number of nitriles is 1. The van der Waals surface area contributed by atoms with Gasteiger partial charge >= 0.3 is 0 Å². The normalized spacial score (nSPS) is 12.0. The van der Waals surface area contributed by atoms with E-state index in [4.69, 9.17) is 13.9 Å². The number of hydrogen-bond acceptors (Lipinski definition) is 6. The molecule has 26 heavy (non-hydrogen) atoms. The van der Waals surface area contributed by atoms with Crippen LogP contribution in [0, 0.1) is 11.3 Å². The molecule has 130 valence electrons. The Hall–Kier alpha value is -3.59. The number of para-hydroxylation sites is 3. The van der Waals surface area contributed by atoms with Crippen LogP contribution in [0.25, 0.3) is 17.2 Å². The number of nitrogens with zero attached hydrogens (tertiary/aromatic N) is 2. The van der Waals surface area contributed by atoms with E-state index in [9.17, 15) is 10.1 Å². The van der Waals surface area contributed by atoms with Crippen LogP contribution in [0.1, 0.15) is 17.4 Å². The lowest BCUT2D eigenvalue weighted by molar-refractivity contribution is -0.115. The monoisotopic (exact) mass is 348 g/mol. The smallest absolute Gasteiger partial charge is 0.220 e. The van der Waals surface area contributed by atoms with Crippen LogP contribution < -0.4 is 9.47 Å². The first-order chi connectivity index (χ1) is 12.7. The first-order valence-electron chi connectivity index (χ1n) is 7.86. The van der Waals surface area contributed by atoms with Crippen molar-refractivity contribution in [2.75, 3.05) is 14.2 Å². The van der Waals surface area contributed by atoms with Crippen molar-refractivity contribution in [3.8, 4) is 17.6 Å². The molecule has 0 aliphatic rings. The molecule has 0 radical (unpaired) electrons. The van der Waals surface area contributed by atoms with Crippen molar-refractivity contribution < 1.29 is 18.7 Å². The van der Waals surface area contributed by atoms with Crippen molar-refractivity contribution in [2.24, 2.45) is 0 Å². The fourth-order valence-electron chi connectivity index (χ4n) is 2.57. The van der Waals surface area contributed by atoms with Crippen molar-refractivity contribution >= 4 is 23.0 Å². The second kappa shape index (κ2) is 7.53. The summed E-state index contributed by atoms with van der Waals surface area (Å²) in [5.41, 5.74) is 1.80. The molecule has 0 spiro atoms. The third kappa shape index (κ3) is 3.28. The van der Waals surface area contributed by atoms with Gasteiger partial charge in [-0.1, -0.05) is 24.3 Å². The number of ether oxygens (including phenoxy) is 2. The predicted molar refractivity (Wildman–Crippen MR) is 96.0 cm³/mol. The molecule has 6 nitrogen and oxygen atoms in total. The average molecular weight is 348 g/mol. The van der Waals surface area contributed by atoms with Gasteiger partial charge < -0.3 is 13.9 Å². The number of benzene rings is 2. The van der Waals surface area contributed by atoms with Gasteiger partial charge in [0, 0.05) is 5.56 Å². The largest absolute Gasteiger partial charge is 0.493 e. The fraction of sp³-hybridized carbons (Fsp3) is 0.150. The molecule has 1 atom stereocenters. The number of rotatable bonds is 6. The Kier molecular flexibility index (Phi) is 4.99. The highest BCUT2D eigenvalue weighted by molar-refractivity contribution is 6.00. The van der Waals surface area contributed by atoms with Gasteiger partial charge in [-0.3, -0.25) is 4.79 Å². The lowest BCUT2D eigenvalue weighted by Crippen LogP contribution is -2.08. The van der Waals surface area contributed by atoms with Crippen LogP contribution >= 0.6 is 0 Å². The molecule has 6 heteroatoms. The quantitative estimate of drug-likeness (QED) is 0.631. The minimum absolute atomic E-state index is 0.0842. The zero-order valence-electron chi connectivity index (χ0n) is 14.3. The van der Waals surface area contributed by atoms with Gasteiger partial charge in [-0.25, -0.2) is 4.98 Å². The zero-order valence-corrected chi connectivity index (χ0v) is 14.3. The summed E-state index contributed by atoms with van der Waals surface area (Å²) in [5.74, 6) is -0.396.